The molecule has 1 aromatic carbocycles. The van der Waals surface area contributed by atoms with Crippen LogP contribution in [0.3, 0.4) is 0 Å². The van der Waals surface area contributed by atoms with Crippen molar-refractivity contribution in [1.82, 2.24) is 4.90 Å². The van der Waals surface area contributed by atoms with E-state index in [1.54, 1.807) is 19.1 Å². The Morgan fingerprint density at radius 2 is 1.90 bits per heavy atom. The molecule has 2 N–H and O–H groups in total. The standard InChI is InChI=1S/C16H18N2O3/c1-11-8-9-13(16(20)21-2)15(17)18(11)14(19)10-12-6-4-3-5-7-12/h3-9,15H,10,17H2,1-2H3. The van der Waals surface area contributed by atoms with Crippen LogP contribution < -0.4 is 5.73 Å². The van der Waals surface area contributed by atoms with Crippen molar-refractivity contribution in [3.8, 4) is 0 Å². The third-order valence-electron chi connectivity index (χ3n) is 3.37. The number of carbonyl (C=O) groups excluding carboxylic acids is 2. The number of methoxy groups -OCH3 is 1. The van der Waals surface area contributed by atoms with E-state index in [1.165, 1.54) is 12.0 Å². The second-order valence-electron chi connectivity index (χ2n) is 4.79. The van der Waals surface area contributed by atoms with Crippen LogP contribution in [-0.2, 0) is 20.7 Å². The van der Waals surface area contributed by atoms with Crippen LogP contribution in [0.5, 0.6) is 0 Å². The molecule has 0 saturated carbocycles. The average molecular weight is 286 g/mol. The Hall–Kier alpha value is -2.40. The molecule has 0 radical (unpaired) electrons. The number of hydrogen-bond acceptors (Lipinski definition) is 4. The highest BCUT2D eigenvalue weighted by molar-refractivity contribution is 5.92. The summed E-state index contributed by atoms with van der Waals surface area (Å²) in [4.78, 5) is 25.6. The first-order valence-corrected chi connectivity index (χ1v) is 6.63. The van der Waals surface area contributed by atoms with Crippen LogP contribution in [-0.4, -0.2) is 30.1 Å². The molecule has 0 fully saturated rings. The number of benzene rings is 1. The van der Waals surface area contributed by atoms with Crippen molar-refractivity contribution < 1.29 is 14.3 Å². The van der Waals surface area contributed by atoms with Crippen molar-refractivity contribution >= 4 is 11.9 Å². The van der Waals surface area contributed by atoms with Crippen LogP contribution >= 0.6 is 0 Å². The molecule has 1 amide bonds. The Kier molecular flexibility index (Phi) is 4.55. The van der Waals surface area contributed by atoms with Gasteiger partial charge in [0.05, 0.1) is 19.1 Å². The van der Waals surface area contributed by atoms with Gasteiger partial charge in [0.2, 0.25) is 5.91 Å². The largest absolute Gasteiger partial charge is 0.466 e. The quantitative estimate of drug-likeness (QED) is 0.852. The zero-order valence-corrected chi connectivity index (χ0v) is 12.1. The number of nitrogens with two attached hydrogens (primary N) is 1. The highest BCUT2D eigenvalue weighted by Gasteiger charge is 2.31. The minimum absolute atomic E-state index is 0.156. The Bertz CT molecular complexity index is 605. The molecule has 1 aromatic rings. The van der Waals surface area contributed by atoms with E-state index < -0.39 is 12.1 Å². The summed E-state index contributed by atoms with van der Waals surface area (Å²) in [6.45, 7) is 1.79. The Balaban J connectivity index is 2.19. The fraction of sp³-hybridized carbons (Fsp3) is 0.250. The summed E-state index contributed by atoms with van der Waals surface area (Å²) >= 11 is 0. The number of nitrogens with zero attached hydrogens (tertiary/aromatic N) is 1. The smallest absolute Gasteiger partial charge is 0.337 e. The predicted molar refractivity (Wildman–Crippen MR) is 78.8 cm³/mol. The Labute approximate surface area is 123 Å². The topological polar surface area (TPSA) is 72.6 Å². The number of carbonyl (C=O) groups is 2. The minimum Gasteiger partial charge on any atom is -0.466 e. The van der Waals surface area contributed by atoms with Crippen LogP contribution in [0.1, 0.15) is 12.5 Å². The highest BCUT2D eigenvalue weighted by atomic mass is 16.5. The molecule has 1 unspecified atom stereocenters. The number of ether oxygens (including phenoxy) is 1. The molecule has 1 aliphatic rings. The fourth-order valence-corrected chi connectivity index (χ4v) is 2.26. The van der Waals surface area contributed by atoms with E-state index >= 15 is 0 Å². The zero-order valence-electron chi connectivity index (χ0n) is 12.1. The fourth-order valence-electron chi connectivity index (χ4n) is 2.26. The lowest BCUT2D eigenvalue weighted by molar-refractivity contribution is -0.137. The van der Waals surface area contributed by atoms with Gasteiger partial charge in [-0.15, -0.1) is 0 Å². The highest BCUT2D eigenvalue weighted by Crippen LogP contribution is 2.21. The van der Waals surface area contributed by atoms with Crippen molar-refractivity contribution in [2.75, 3.05) is 7.11 Å². The van der Waals surface area contributed by atoms with E-state index in [4.69, 9.17) is 5.73 Å². The van der Waals surface area contributed by atoms with Gasteiger partial charge >= 0.3 is 5.97 Å². The summed E-state index contributed by atoms with van der Waals surface area (Å²) in [6, 6.07) is 9.40. The van der Waals surface area contributed by atoms with Crippen molar-refractivity contribution in [3.63, 3.8) is 0 Å². The SMILES string of the molecule is COC(=O)C1=CC=C(C)N(C(=O)Cc2ccccc2)C1N. The van der Waals surface area contributed by atoms with Gasteiger partial charge in [-0.05, 0) is 24.6 Å². The van der Waals surface area contributed by atoms with Gasteiger partial charge in [0.15, 0.2) is 0 Å². The lowest BCUT2D eigenvalue weighted by atomic mass is 10.1. The Morgan fingerprint density at radius 3 is 2.52 bits per heavy atom. The average Bonchev–Trinajstić information content (AvgIpc) is 2.47. The molecule has 0 aliphatic carbocycles. The van der Waals surface area contributed by atoms with Gasteiger partial charge in [-0.3, -0.25) is 9.69 Å². The van der Waals surface area contributed by atoms with Gasteiger partial charge < -0.3 is 10.5 Å². The molecule has 5 nitrogen and oxygen atoms in total. The lowest BCUT2D eigenvalue weighted by Gasteiger charge is -2.32. The molecule has 0 aromatic heterocycles. The molecule has 0 bridgehead atoms. The Morgan fingerprint density at radius 1 is 1.24 bits per heavy atom. The van der Waals surface area contributed by atoms with Crippen molar-refractivity contribution in [1.29, 1.82) is 0 Å². The molecular weight excluding hydrogens is 268 g/mol. The molecule has 5 heteroatoms. The third-order valence-corrected chi connectivity index (χ3v) is 3.37. The first-order chi connectivity index (χ1) is 10.0. The van der Waals surface area contributed by atoms with Gasteiger partial charge in [-0.1, -0.05) is 30.3 Å². The zero-order chi connectivity index (χ0) is 15.4. The monoisotopic (exact) mass is 286 g/mol. The third kappa shape index (κ3) is 3.20. The maximum Gasteiger partial charge on any atom is 0.337 e. The summed E-state index contributed by atoms with van der Waals surface area (Å²) in [6.07, 6.45) is 2.70. The molecule has 1 heterocycles. The van der Waals surface area contributed by atoms with Gasteiger partial charge in [0.1, 0.15) is 6.17 Å². The van der Waals surface area contributed by atoms with Crippen molar-refractivity contribution in [2.45, 2.75) is 19.5 Å². The lowest BCUT2D eigenvalue weighted by Crippen LogP contribution is -2.49. The maximum absolute atomic E-state index is 12.5. The second kappa shape index (κ2) is 6.37. The van der Waals surface area contributed by atoms with E-state index in [9.17, 15) is 9.59 Å². The van der Waals surface area contributed by atoms with Crippen LogP contribution in [0.2, 0.25) is 0 Å². The van der Waals surface area contributed by atoms with Crippen LogP contribution in [0.4, 0.5) is 0 Å². The molecule has 1 aliphatic heterocycles. The predicted octanol–water partition coefficient (Wildman–Crippen LogP) is 1.36. The van der Waals surface area contributed by atoms with E-state index in [2.05, 4.69) is 4.74 Å². The van der Waals surface area contributed by atoms with Gasteiger partial charge in [-0.25, -0.2) is 4.79 Å². The second-order valence-corrected chi connectivity index (χ2v) is 4.79. The molecule has 2 rings (SSSR count). The van der Waals surface area contributed by atoms with Crippen LogP contribution in [0.15, 0.2) is 53.8 Å². The first kappa shape index (κ1) is 15.0. The minimum atomic E-state index is -0.821. The van der Waals surface area contributed by atoms with E-state index in [0.717, 1.165) is 5.56 Å². The molecule has 21 heavy (non-hydrogen) atoms. The van der Waals surface area contributed by atoms with Crippen molar-refractivity contribution in [3.05, 3.63) is 59.3 Å². The number of amides is 1. The van der Waals surface area contributed by atoms with E-state index in [-0.39, 0.29) is 17.9 Å². The summed E-state index contributed by atoms with van der Waals surface area (Å²) in [7, 11) is 1.29. The number of esters is 1. The van der Waals surface area contributed by atoms with E-state index in [1.807, 2.05) is 30.3 Å². The maximum atomic E-state index is 12.5. The van der Waals surface area contributed by atoms with Gasteiger partial charge in [-0.2, -0.15) is 0 Å². The molecule has 110 valence electrons. The molecule has 0 spiro atoms. The van der Waals surface area contributed by atoms with E-state index in [0.29, 0.717) is 5.70 Å². The van der Waals surface area contributed by atoms with Gasteiger partial charge in [0.25, 0.3) is 0 Å². The summed E-state index contributed by atoms with van der Waals surface area (Å²) in [5, 5.41) is 0. The molecule has 1 atom stereocenters. The normalized spacial score (nSPS) is 17.9. The first-order valence-electron chi connectivity index (χ1n) is 6.63. The van der Waals surface area contributed by atoms with Gasteiger partial charge in [0, 0.05) is 5.70 Å². The summed E-state index contributed by atoms with van der Waals surface area (Å²) < 4.78 is 4.69. The van der Waals surface area contributed by atoms with Crippen molar-refractivity contribution in [2.24, 2.45) is 5.73 Å². The number of rotatable bonds is 3. The summed E-state index contributed by atoms with van der Waals surface area (Å²) in [5.41, 5.74) is 7.91. The van der Waals surface area contributed by atoms with Crippen LogP contribution in [0, 0.1) is 0 Å². The molecule has 0 saturated heterocycles. The van der Waals surface area contributed by atoms with Crippen LogP contribution in [0.25, 0.3) is 0 Å². The number of allylic oxidation sites excluding steroid dienone is 3. The number of hydrogen-bond donors (Lipinski definition) is 1. The summed E-state index contributed by atoms with van der Waals surface area (Å²) in [5.74, 6) is -0.680. The molecular formula is C16H18N2O3.